The van der Waals surface area contributed by atoms with Crippen molar-refractivity contribution >= 4 is 28.4 Å². The highest BCUT2D eigenvalue weighted by atomic mass is 19.1. The first-order valence-electron chi connectivity index (χ1n) is 12.7. The number of carboxylic acid groups (broad SMARTS) is 1. The molecular formula is C29H25FN6O4. The summed E-state index contributed by atoms with van der Waals surface area (Å²) < 4.78 is 23.6. The van der Waals surface area contributed by atoms with Gasteiger partial charge < -0.3 is 24.2 Å². The Bertz CT molecular complexity index is 1710. The van der Waals surface area contributed by atoms with Gasteiger partial charge in [-0.25, -0.2) is 18.9 Å². The van der Waals surface area contributed by atoms with Gasteiger partial charge in [0.25, 0.3) is 0 Å². The van der Waals surface area contributed by atoms with Crippen molar-refractivity contribution in [2.24, 2.45) is 0 Å². The summed E-state index contributed by atoms with van der Waals surface area (Å²) in [6.07, 6.45) is 2.79. The molecule has 5 aromatic rings. The number of carbonyl (C=O) groups is 1. The zero-order chi connectivity index (χ0) is 27.6. The zero-order valence-electron chi connectivity index (χ0n) is 21.4. The molecule has 11 heteroatoms. The number of aromatic nitrogens is 4. The Kier molecular flexibility index (Phi) is 6.61. The number of nitrogens with zero attached hydrogens (tertiary/aromatic N) is 6. The highest BCUT2D eigenvalue weighted by molar-refractivity contribution is 5.86. The molecule has 0 spiro atoms. The normalized spacial score (nSPS) is 13.5. The molecule has 0 atom stereocenters. The van der Waals surface area contributed by atoms with Gasteiger partial charge in [-0.05, 0) is 42.0 Å². The van der Waals surface area contributed by atoms with E-state index in [2.05, 4.69) is 27.1 Å². The Balaban J connectivity index is 1.38. The Morgan fingerprint density at radius 3 is 2.35 bits per heavy atom. The molecule has 0 aliphatic carbocycles. The lowest BCUT2D eigenvalue weighted by Crippen LogP contribution is -2.46. The number of benzene rings is 3. The first-order chi connectivity index (χ1) is 19.5. The van der Waals surface area contributed by atoms with E-state index in [1.165, 1.54) is 18.6 Å². The summed E-state index contributed by atoms with van der Waals surface area (Å²) in [6, 6.07) is 20.3. The van der Waals surface area contributed by atoms with Gasteiger partial charge in [0.1, 0.15) is 18.5 Å². The maximum absolute atomic E-state index is 15.5. The molecule has 1 saturated heterocycles. The largest absolute Gasteiger partial charge is 0.511 e. The van der Waals surface area contributed by atoms with Gasteiger partial charge in [-0.15, -0.1) is 0 Å². The third-order valence-electron chi connectivity index (χ3n) is 7.00. The molecule has 0 radical (unpaired) electrons. The van der Waals surface area contributed by atoms with Crippen LogP contribution in [0.3, 0.4) is 0 Å². The van der Waals surface area contributed by atoms with E-state index < -0.39 is 23.2 Å². The van der Waals surface area contributed by atoms with E-state index in [4.69, 9.17) is 4.74 Å². The molecule has 10 nitrogen and oxygen atoms in total. The quantitative estimate of drug-likeness (QED) is 0.320. The minimum atomic E-state index is -1.63. The molecule has 0 amide bonds. The van der Waals surface area contributed by atoms with Crippen LogP contribution in [-0.4, -0.2) is 56.8 Å². The molecule has 0 unspecified atom stereocenters. The Morgan fingerprint density at radius 1 is 0.950 bits per heavy atom. The smallest absolute Gasteiger partial charge is 0.449 e. The summed E-state index contributed by atoms with van der Waals surface area (Å²) in [5.41, 5.74) is 2.85. The molecule has 1 aliphatic rings. The topological polar surface area (TPSA) is 106 Å². The van der Waals surface area contributed by atoms with Crippen LogP contribution in [0.2, 0.25) is 0 Å². The Labute approximate surface area is 228 Å². The fraction of sp³-hybridized carbons (Fsp3) is 0.172. The summed E-state index contributed by atoms with van der Waals surface area (Å²) in [5.74, 6) is -0.963. The van der Waals surface area contributed by atoms with E-state index in [9.17, 15) is 14.7 Å². The Morgan fingerprint density at radius 2 is 1.68 bits per heavy atom. The fourth-order valence-electron chi connectivity index (χ4n) is 5.04. The number of piperazine rings is 1. The maximum Gasteiger partial charge on any atom is 0.511 e. The van der Waals surface area contributed by atoms with Crippen molar-refractivity contribution in [1.82, 2.24) is 19.3 Å². The number of pyridine rings is 1. The second kappa shape index (κ2) is 10.5. The molecule has 40 heavy (non-hydrogen) atoms. The van der Waals surface area contributed by atoms with Crippen molar-refractivity contribution in [3.05, 3.63) is 107 Å². The number of anilines is 2. The van der Waals surface area contributed by atoms with Crippen LogP contribution in [-0.2, 0) is 6.54 Å². The van der Waals surface area contributed by atoms with E-state index in [1.807, 2.05) is 47.4 Å². The van der Waals surface area contributed by atoms with Crippen molar-refractivity contribution in [2.45, 2.75) is 6.54 Å². The molecule has 3 aromatic carbocycles. The molecule has 2 aromatic heterocycles. The molecule has 3 heterocycles. The SMILES string of the molecule is O=C(O)Oc1cn(-c2ccc(Cn3cncn3)cc2)c2cc(N3CCN(c4ccccc4)CC3)c(F)cc2c1=O. The van der Waals surface area contributed by atoms with Gasteiger partial charge in [-0.1, -0.05) is 30.3 Å². The van der Waals surface area contributed by atoms with Crippen molar-refractivity contribution in [3.8, 4) is 11.4 Å². The van der Waals surface area contributed by atoms with Crippen LogP contribution in [0.1, 0.15) is 5.56 Å². The molecule has 1 fully saturated rings. The van der Waals surface area contributed by atoms with Gasteiger partial charge in [0.05, 0.1) is 29.3 Å². The van der Waals surface area contributed by atoms with E-state index in [-0.39, 0.29) is 5.39 Å². The lowest BCUT2D eigenvalue weighted by atomic mass is 10.1. The monoisotopic (exact) mass is 540 g/mol. The standard InChI is InChI=1S/C29H25FN6O4/c30-24-14-23-25(15-26(24)34-12-10-33(11-13-34)21-4-2-1-3-5-21)36(17-27(28(23)37)40-29(38)39)22-8-6-20(7-9-22)16-35-19-31-18-32-35/h1-9,14-15,17-19H,10-13,16H2,(H,38,39). The van der Waals surface area contributed by atoms with Gasteiger partial charge in [0, 0.05) is 37.6 Å². The minimum absolute atomic E-state index is 0.0228. The summed E-state index contributed by atoms with van der Waals surface area (Å²) in [4.78, 5) is 32.6. The number of para-hydroxylation sites is 1. The Hall–Kier alpha value is -5.19. The lowest BCUT2D eigenvalue weighted by molar-refractivity contribution is 0.144. The first kappa shape index (κ1) is 25.1. The first-order valence-corrected chi connectivity index (χ1v) is 12.7. The minimum Gasteiger partial charge on any atom is -0.449 e. The zero-order valence-corrected chi connectivity index (χ0v) is 21.4. The van der Waals surface area contributed by atoms with Crippen molar-refractivity contribution in [2.75, 3.05) is 36.0 Å². The van der Waals surface area contributed by atoms with E-state index in [1.54, 1.807) is 21.6 Å². The van der Waals surface area contributed by atoms with Crippen LogP contribution in [0.25, 0.3) is 16.6 Å². The lowest BCUT2D eigenvalue weighted by Gasteiger charge is -2.37. The second-order valence-corrected chi connectivity index (χ2v) is 9.45. The van der Waals surface area contributed by atoms with Gasteiger partial charge in [0.2, 0.25) is 5.43 Å². The van der Waals surface area contributed by atoms with Crippen molar-refractivity contribution in [3.63, 3.8) is 0 Å². The van der Waals surface area contributed by atoms with Gasteiger partial charge >= 0.3 is 6.16 Å². The average molecular weight is 541 g/mol. The van der Waals surface area contributed by atoms with Crippen molar-refractivity contribution < 1.29 is 19.0 Å². The summed E-state index contributed by atoms with van der Waals surface area (Å²) >= 11 is 0. The molecule has 0 bridgehead atoms. The van der Waals surface area contributed by atoms with Crippen LogP contribution in [0, 0.1) is 5.82 Å². The van der Waals surface area contributed by atoms with E-state index >= 15 is 4.39 Å². The molecule has 0 saturated carbocycles. The highest BCUT2D eigenvalue weighted by Crippen LogP contribution is 2.30. The number of halogens is 1. The molecule has 202 valence electrons. The van der Waals surface area contributed by atoms with Crippen LogP contribution in [0.5, 0.6) is 5.75 Å². The highest BCUT2D eigenvalue weighted by Gasteiger charge is 2.23. The summed E-state index contributed by atoms with van der Waals surface area (Å²) in [5, 5.41) is 13.3. The number of hydrogen-bond donors (Lipinski definition) is 1. The van der Waals surface area contributed by atoms with Crippen molar-refractivity contribution in [1.29, 1.82) is 0 Å². The number of ether oxygens (including phenoxy) is 1. The molecular weight excluding hydrogens is 515 g/mol. The molecule has 1 aliphatic heterocycles. The van der Waals surface area contributed by atoms with Crippen LogP contribution in [0.4, 0.5) is 20.6 Å². The van der Waals surface area contributed by atoms with E-state index in [0.717, 1.165) is 11.3 Å². The van der Waals surface area contributed by atoms with Crippen LogP contribution < -0.4 is 20.0 Å². The predicted octanol–water partition coefficient (Wildman–Crippen LogP) is 4.15. The fourth-order valence-corrected chi connectivity index (χ4v) is 5.04. The average Bonchev–Trinajstić information content (AvgIpc) is 3.48. The van der Waals surface area contributed by atoms with Gasteiger partial charge in [-0.3, -0.25) is 4.79 Å². The number of fused-ring (bicyclic) bond motifs is 1. The number of rotatable bonds is 6. The predicted molar refractivity (Wildman–Crippen MR) is 148 cm³/mol. The maximum atomic E-state index is 15.5. The third-order valence-corrected chi connectivity index (χ3v) is 7.00. The van der Waals surface area contributed by atoms with E-state index in [0.29, 0.717) is 49.6 Å². The molecule has 6 rings (SSSR count). The summed E-state index contributed by atoms with van der Waals surface area (Å²) in [7, 11) is 0. The van der Waals surface area contributed by atoms with Gasteiger partial charge in [-0.2, -0.15) is 5.10 Å². The third kappa shape index (κ3) is 4.96. The van der Waals surface area contributed by atoms with Crippen LogP contribution >= 0.6 is 0 Å². The van der Waals surface area contributed by atoms with Gasteiger partial charge in [0.15, 0.2) is 5.75 Å². The molecule has 1 N–H and O–H groups in total. The summed E-state index contributed by atoms with van der Waals surface area (Å²) in [6.45, 7) is 3.14. The van der Waals surface area contributed by atoms with Crippen LogP contribution in [0.15, 0.2) is 90.4 Å². The number of hydrogen-bond acceptors (Lipinski definition) is 7. The second-order valence-electron chi connectivity index (χ2n) is 9.45.